The average molecular weight is 500 g/mol. The Morgan fingerprint density at radius 2 is 1.58 bits per heavy atom. The highest BCUT2D eigenvalue weighted by Gasteiger charge is 2.17. The van der Waals surface area contributed by atoms with Crippen LogP contribution in [0.25, 0.3) is 5.69 Å². The molecule has 5 rings (SSSR count). The Morgan fingerprint density at radius 1 is 0.889 bits per heavy atom. The van der Waals surface area contributed by atoms with Crippen molar-refractivity contribution < 1.29 is 4.79 Å². The zero-order chi connectivity index (χ0) is 24.7. The molecule has 1 aliphatic heterocycles. The second-order valence-electron chi connectivity index (χ2n) is 8.84. The topological polar surface area (TPSA) is 79.2 Å². The van der Waals surface area contributed by atoms with Crippen molar-refractivity contribution >= 4 is 29.0 Å². The lowest BCUT2D eigenvalue weighted by Gasteiger charge is -2.36. The van der Waals surface area contributed by atoms with Crippen molar-refractivity contribution in [3.63, 3.8) is 0 Å². The van der Waals surface area contributed by atoms with Crippen LogP contribution in [0.3, 0.4) is 0 Å². The molecule has 0 saturated carbocycles. The average Bonchev–Trinajstić information content (AvgIpc) is 3.38. The number of aryl methyl sites for hydroxylation is 1. The van der Waals surface area contributed by atoms with E-state index >= 15 is 0 Å². The lowest BCUT2D eigenvalue weighted by atomic mass is 10.2. The van der Waals surface area contributed by atoms with E-state index in [1.165, 1.54) is 23.0 Å². The number of rotatable bonds is 8. The molecule has 9 heteroatoms. The molecule has 1 aromatic heterocycles. The zero-order valence-corrected chi connectivity index (χ0v) is 21.1. The van der Waals surface area contributed by atoms with Crippen molar-refractivity contribution in [2.24, 2.45) is 0 Å². The molecular formula is C27H29N7OS. The van der Waals surface area contributed by atoms with Crippen molar-refractivity contribution in [1.29, 1.82) is 0 Å². The number of tetrazole rings is 1. The molecule has 0 bridgehead atoms. The predicted octanol–water partition coefficient (Wildman–Crippen LogP) is 4.02. The maximum atomic E-state index is 12.5. The minimum Gasteiger partial charge on any atom is -0.369 e. The highest BCUT2D eigenvalue weighted by atomic mass is 32.2. The van der Waals surface area contributed by atoms with Crippen LogP contribution in [0.1, 0.15) is 11.1 Å². The van der Waals surface area contributed by atoms with E-state index in [4.69, 9.17) is 0 Å². The zero-order valence-electron chi connectivity index (χ0n) is 20.2. The highest BCUT2D eigenvalue weighted by Crippen LogP contribution is 2.22. The third kappa shape index (κ3) is 6.10. The number of piperazine rings is 1. The standard InChI is InChI=1S/C27H29N7OS/c1-21-7-11-25(12-8-21)34-27(29-30-31-34)36-20-26(35)28-23-9-13-24(14-10-23)33-17-15-32(16-18-33)19-22-5-3-2-4-6-22/h2-14H,15-20H2,1H3,(H,28,35). The van der Waals surface area contributed by atoms with Crippen LogP contribution >= 0.6 is 11.8 Å². The summed E-state index contributed by atoms with van der Waals surface area (Å²) in [6, 6.07) is 26.6. The van der Waals surface area contributed by atoms with Gasteiger partial charge in [-0.1, -0.05) is 59.8 Å². The minimum atomic E-state index is -0.0965. The van der Waals surface area contributed by atoms with E-state index in [0.29, 0.717) is 5.16 Å². The first-order valence-electron chi connectivity index (χ1n) is 12.0. The smallest absolute Gasteiger partial charge is 0.234 e. The summed E-state index contributed by atoms with van der Waals surface area (Å²) in [6.45, 7) is 7.08. The SMILES string of the molecule is Cc1ccc(-n2nnnc2SCC(=O)Nc2ccc(N3CCN(Cc4ccccc4)CC3)cc2)cc1. The van der Waals surface area contributed by atoms with Gasteiger partial charge in [-0.25, -0.2) is 0 Å². The molecule has 8 nitrogen and oxygen atoms in total. The Morgan fingerprint density at radius 3 is 2.31 bits per heavy atom. The molecule has 2 heterocycles. The molecule has 184 valence electrons. The van der Waals surface area contributed by atoms with Crippen LogP contribution < -0.4 is 10.2 Å². The number of thioether (sulfide) groups is 1. The number of aromatic nitrogens is 4. The molecule has 0 unspecified atom stereocenters. The first kappa shape index (κ1) is 24.0. The molecule has 1 N–H and O–H groups in total. The minimum absolute atomic E-state index is 0.0965. The summed E-state index contributed by atoms with van der Waals surface area (Å²) in [4.78, 5) is 17.4. The molecule has 1 saturated heterocycles. The fourth-order valence-electron chi connectivity index (χ4n) is 4.21. The monoisotopic (exact) mass is 499 g/mol. The molecule has 0 atom stereocenters. The van der Waals surface area contributed by atoms with Gasteiger partial charge in [0.2, 0.25) is 11.1 Å². The van der Waals surface area contributed by atoms with Gasteiger partial charge in [0, 0.05) is 44.1 Å². The molecule has 0 spiro atoms. The van der Waals surface area contributed by atoms with E-state index in [1.54, 1.807) is 4.68 Å². The highest BCUT2D eigenvalue weighted by molar-refractivity contribution is 7.99. The van der Waals surface area contributed by atoms with Crippen molar-refractivity contribution in [1.82, 2.24) is 25.1 Å². The summed E-state index contributed by atoms with van der Waals surface area (Å²) in [6.07, 6.45) is 0. The molecule has 36 heavy (non-hydrogen) atoms. The molecule has 1 aliphatic rings. The van der Waals surface area contributed by atoms with Gasteiger partial charge < -0.3 is 10.2 Å². The summed E-state index contributed by atoms with van der Waals surface area (Å²) >= 11 is 1.31. The van der Waals surface area contributed by atoms with E-state index in [1.807, 2.05) is 43.3 Å². The first-order chi connectivity index (χ1) is 17.6. The maximum Gasteiger partial charge on any atom is 0.234 e. The number of nitrogens with zero attached hydrogens (tertiary/aromatic N) is 6. The molecule has 1 amide bonds. The number of amides is 1. The van der Waals surface area contributed by atoms with Gasteiger partial charge in [0.25, 0.3) is 0 Å². The largest absolute Gasteiger partial charge is 0.369 e. The van der Waals surface area contributed by atoms with Crippen molar-refractivity contribution in [2.75, 3.05) is 42.1 Å². The van der Waals surface area contributed by atoms with Gasteiger partial charge in [-0.15, -0.1) is 5.10 Å². The van der Waals surface area contributed by atoms with Crippen LogP contribution in [0.4, 0.5) is 11.4 Å². The van der Waals surface area contributed by atoms with E-state index < -0.39 is 0 Å². The summed E-state index contributed by atoms with van der Waals surface area (Å²) in [7, 11) is 0. The lowest BCUT2D eigenvalue weighted by molar-refractivity contribution is -0.113. The molecule has 4 aromatic rings. The summed E-state index contributed by atoms with van der Waals surface area (Å²) < 4.78 is 1.64. The summed E-state index contributed by atoms with van der Waals surface area (Å²) in [5.41, 5.74) is 5.35. The summed E-state index contributed by atoms with van der Waals surface area (Å²) in [5, 5.41) is 15.4. The van der Waals surface area contributed by atoms with Crippen molar-refractivity contribution in [3.05, 3.63) is 90.0 Å². The normalized spacial score (nSPS) is 14.1. The van der Waals surface area contributed by atoms with E-state index in [-0.39, 0.29) is 11.7 Å². The summed E-state index contributed by atoms with van der Waals surface area (Å²) in [5.74, 6) is 0.123. The molecule has 3 aromatic carbocycles. The molecular weight excluding hydrogens is 470 g/mol. The Bertz CT molecular complexity index is 1270. The first-order valence-corrected chi connectivity index (χ1v) is 13.0. The second-order valence-corrected chi connectivity index (χ2v) is 9.78. The number of nitrogens with one attached hydrogen (secondary N) is 1. The quantitative estimate of drug-likeness (QED) is 0.367. The van der Waals surface area contributed by atoms with Crippen molar-refractivity contribution in [3.8, 4) is 5.69 Å². The Balaban J connectivity index is 1.10. The third-order valence-electron chi connectivity index (χ3n) is 6.19. The maximum absolute atomic E-state index is 12.5. The number of hydrogen-bond donors (Lipinski definition) is 1. The molecule has 0 aliphatic carbocycles. The van der Waals surface area contributed by atoms with Crippen molar-refractivity contribution in [2.45, 2.75) is 18.6 Å². The van der Waals surface area contributed by atoms with Crippen LogP contribution in [-0.4, -0.2) is 62.9 Å². The van der Waals surface area contributed by atoms with E-state index in [9.17, 15) is 4.79 Å². The Labute approximate surface area is 215 Å². The van der Waals surface area contributed by atoms with Gasteiger partial charge in [0.1, 0.15) is 0 Å². The second kappa shape index (κ2) is 11.4. The fourth-order valence-corrected chi connectivity index (χ4v) is 4.90. The number of carbonyl (C=O) groups excluding carboxylic acids is 1. The number of anilines is 2. The fraction of sp³-hybridized carbons (Fsp3) is 0.259. The van der Waals surface area contributed by atoms with Gasteiger partial charge in [-0.05, 0) is 59.3 Å². The van der Waals surface area contributed by atoms with Gasteiger partial charge in [0.05, 0.1) is 11.4 Å². The predicted molar refractivity (Wildman–Crippen MR) is 144 cm³/mol. The molecule has 1 fully saturated rings. The van der Waals surface area contributed by atoms with Gasteiger partial charge >= 0.3 is 0 Å². The number of hydrogen-bond acceptors (Lipinski definition) is 7. The van der Waals surface area contributed by atoms with Crippen LogP contribution in [0.2, 0.25) is 0 Å². The lowest BCUT2D eigenvalue weighted by Crippen LogP contribution is -2.45. The van der Waals surface area contributed by atoms with E-state index in [2.05, 4.69) is 73.1 Å². The Hall–Kier alpha value is -3.69. The van der Waals surface area contributed by atoms with Crippen LogP contribution in [0.15, 0.2) is 84.0 Å². The number of carbonyl (C=O) groups is 1. The Kier molecular flexibility index (Phi) is 7.58. The van der Waals surface area contributed by atoms with E-state index in [0.717, 1.165) is 49.7 Å². The van der Waals surface area contributed by atoms with Gasteiger partial charge in [-0.3, -0.25) is 9.69 Å². The van der Waals surface area contributed by atoms with Gasteiger partial charge in [-0.2, -0.15) is 4.68 Å². The third-order valence-corrected chi connectivity index (χ3v) is 7.11. The van der Waals surface area contributed by atoms with Crippen LogP contribution in [-0.2, 0) is 11.3 Å². The molecule has 0 radical (unpaired) electrons. The number of benzene rings is 3. The van der Waals surface area contributed by atoms with Crippen LogP contribution in [0.5, 0.6) is 0 Å². The van der Waals surface area contributed by atoms with Gasteiger partial charge in [0.15, 0.2) is 0 Å². The van der Waals surface area contributed by atoms with Crippen LogP contribution in [0, 0.1) is 6.92 Å².